The molecule has 0 aromatic heterocycles. The number of aliphatic carboxylic acids is 1. The summed E-state index contributed by atoms with van der Waals surface area (Å²) in [4.78, 5) is 22.9. The van der Waals surface area contributed by atoms with Crippen LogP contribution in [0.1, 0.15) is 13.3 Å². The fraction of sp³-hybridized carbons (Fsp3) is 0.778. The van der Waals surface area contributed by atoms with Gasteiger partial charge < -0.3 is 10.0 Å². The number of likely N-dealkylation sites (tertiary alicyclic amines) is 1. The molecular formula is C9H12F3NO3. The highest BCUT2D eigenvalue weighted by Gasteiger charge is 2.40. The van der Waals surface area contributed by atoms with Gasteiger partial charge in [-0.3, -0.25) is 9.59 Å². The Hall–Kier alpha value is -1.27. The first-order valence-corrected chi connectivity index (χ1v) is 4.78. The van der Waals surface area contributed by atoms with E-state index in [2.05, 4.69) is 0 Å². The Balaban J connectivity index is 2.58. The fourth-order valence-electron chi connectivity index (χ4n) is 1.78. The first-order valence-electron chi connectivity index (χ1n) is 4.78. The Morgan fingerprint density at radius 2 is 1.94 bits per heavy atom. The van der Waals surface area contributed by atoms with Crippen molar-refractivity contribution in [1.82, 2.24) is 4.90 Å². The average molecular weight is 239 g/mol. The van der Waals surface area contributed by atoms with Gasteiger partial charge in [-0.15, -0.1) is 0 Å². The van der Waals surface area contributed by atoms with Crippen molar-refractivity contribution in [2.75, 3.05) is 13.1 Å². The molecule has 0 radical (unpaired) electrons. The normalized spacial score (nSPS) is 25.9. The van der Waals surface area contributed by atoms with Gasteiger partial charge in [0.1, 0.15) is 6.42 Å². The van der Waals surface area contributed by atoms with Crippen LogP contribution in [0.3, 0.4) is 0 Å². The van der Waals surface area contributed by atoms with Crippen molar-refractivity contribution in [1.29, 1.82) is 0 Å². The maximum Gasteiger partial charge on any atom is 0.397 e. The number of carboxylic acid groups (broad SMARTS) is 1. The number of halogens is 3. The van der Waals surface area contributed by atoms with Crippen LogP contribution in [0.2, 0.25) is 0 Å². The van der Waals surface area contributed by atoms with Crippen LogP contribution in [-0.2, 0) is 9.59 Å². The second-order valence-electron chi connectivity index (χ2n) is 4.01. The lowest BCUT2D eigenvalue weighted by Gasteiger charge is -2.16. The predicted octanol–water partition coefficient (Wildman–Crippen LogP) is 1.12. The van der Waals surface area contributed by atoms with Crippen molar-refractivity contribution in [3.8, 4) is 0 Å². The predicted molar refractivity (Wildman–Crippen MR) is 47.5 cm³/mol. The Morgan fingerprint density at radius 3 is 2.31 bits per heavy atom. The Bertz CT molecular complexity index is 303. The number of rotatable bonds is 2. The summed E-state index contributed by atoms with van der Waals surface area (Å²) < 4.78 is 35.8. The molecule has 0 aliphatic carbocycles. The van der Waals surface area contributed by atoms with Crippen LogP contribution < -0.4 is 0 Å². The molecule has 1 amide bonds. The average Bonchev–Trinajstić information content (AvgIpc) is 2.44. The third kappa shape index (κ3) is 3.11. The summed E-state index contributed by atoms with van der Waals surface area (Å²) in [6.07, 6.45) is -6.06. The second-order valence-corrected chi connectivity index (χ2v) is 4.01. The smallest absolute Gasteiger partial charge is 0.397 e. The molecule has 1 rings (SSSR count). The molecular weight excluding hydrogens is 227 g/mol. The molecule has 0 bridgehead atoms. The van der Waals surface area contributed by atoms with Gasteiger partial charge >= 0.3 is 12.1 Å². The zero-order valence-electron chi connectivity index (χ0n) is 8.62. The van der Waals surface area contributed by atoms with Gasteiger partial charge in [0.2, 0.25) is 5.91 Å². The van der Waals surface area contributed by atoms with E-state index in [1.54, 1.807) is 6.92 Å². The number of carboxylic acids is 1. The molecule has 0 aromatic carbocycles. The van der Waals surface area contributed by atoms with E-state index in [4.69, 9.17) is 5.11 Å². The van der Waals surface area contributed by atoms with E-state index in [0.29, 0.717) is 0 Å². The maximum absolute atomic E-state index is 11.9. The lowest BCUT2D eigenvalue weighted by molar-refractivity contribution is -0.160. The molecule has 1 aliphatic rings. The first-order chi connectivity index (χ1) is 7.20. The number of nitrogens with zero attached hydrogens (tertiary/aromatic N) is 1. The summed E-state index contributed by atoms with van der Waals surface area (Å²) >= 11 is 0. The van der Waals surface area contributed by atoms with Gasteiger partial charge in [0.25, 0.3) is 0 Å². The van der Waals surface area contributed by atoms with Crippen molar-refractivity contribution in [2.45, 2.75) is 19.5 Å². The van der Waals surface area contributed by atoms with Crippen LogP contribution in [0.4, 0.5) is 13.2 Å². The molecule has 0 aromatic rings. The zero-order valence-corrected chi connectivity index (χ0v) is 8.62. The highest BCUT2D eigenvalue weighted by Crippen LogP contribution is 2.27. The molecule has 0 spiro atoms. The lowest BCUT2D eigenvalue weighted by Crippen LogP contribution is -2.33. The Morgan fingerprint density at radius 1 is 1.38 bits per heavy atom. The van der Waals surface area contributed by atoms with Gasteiger partial charge in [-0.25, -0.2) is 0 Å². The molecule has 1 fully saturated rings. The quantitative estimate of drug-likeness (QED) is 0.785. The fourth-order valence-corrected chi connectivity index (χ4v) is 1.78. The van der Waals surface area contributed by atoms with Gasteiger partial charge in [-0.2, -0.15) is 13.2 Å². The van der Waals surface area contributed by atoms with Crippen LogP contribution in [0.5, 0.6) is 0 Å². The van der Waals surface area contributed by atoms with Crippen LogP contribution >= 0.6 is 0 Å². The molecule has 4 nitrogen and oxygen atoms in total. The minimum absolute atomic E-state index is 0.0753. The van der Waals surface area contributed by atoms with E-state index in [1.807, 2.05) is 0 Å². The molecule has 1 heterocycles. The highest BCUT2D eigenvalue weighted by molar-refractivity contribution is 5.79. The summed E-state index contributed by atoms with van der Waals surface area (Å²) in [6.45, 7) is 1.55. The summed E-state index contributed by atoms with van der Waals surface area (Å²) in [6, 6.07) is 0. The lowest BCUT2D eigenvalue weighted by atomic mass is 9.99. The molecule has 16 heavy (non-hydrogen) atoms. The van der Waals surface area contributed by atoms with Gasteiger partial charge in [0.05, 0.1) is 5.92 Å². The number of hydrogen-bond donors (Lipinski definition) is 1. The standard InChI is InChI=1S/C9H12F3NO3/c1-5-3-13(4-6(5)8(15)16)7(14)2-9(10,11)12/h5-6H,2-4H2,1H3,(H,15,16)/t5-,6-/m1/s1. The third-order valence-corrected chi connectivity index (χ3v) is 2.63. The number of carbonyl (C=O) groups is 2. The van der Waals surface area contributed by atoms with Crippen LogP contribution in [0.25, 0.3) is 0 Å². The van der Waals surface area contributed by atoms with Crippen molar-refractivity contribution >= 4 is 11.9 Å². The summed E-state index contributed by atoms with van der Waals surface area (Å²) in [5.41, 5.74) is 0. The number of carbonyl (C=O) groups excluding carboxylic acids is 1. The Kier molecular flexibility index (Phi) is 3.44. The van der Waals surface area contributed by atoms with E-state index >= 15 is 0 Å². The summed E-state index contributed by atoms with van der Waals surface area (Å²) in [5.74, 6) is -3.20. The molecule has 92 valence electrons. The molecule has 0 unspecified atom stereocenters. The van der Waals surface area contributed by atoms with E-state index in [1.165, 1.54) is 0 Å². The minimum atomic E-state index is -4.54. The largest absolute Gasteiger partial charge is 0.481 e. The molecule has 7 heteroatoms. The first kappa shape index (κ1) is 12.8. The molecule has 0 saturated carbocycles. The van der Waals surface area contributed by atoms with Crippen molar-refractivity contribution in [3.63, 3.8) is 0 Å². The summed E-state index contributed by atoms with van der Waals surface area (Å²) in [5, 5.41) is 8.76. The molecule has 2 atom stereocenters. The topological polar surface area (TPSA) is 57.6 Å². The zero-order chi connectivity index (χ0) is 12.5. The van der Waals surface area contributed by atoms with E-state index in [-0.39, 0.29) is 19.0 Å². The van der Waals surface area contributed by atoms with Crippen LogP contribution in [0, 0.1) is 11.8 Å². The minimum Gasteiger partial charge on any atom is -0.481 e. The van der Waals surface area contributed by atoms with Crippen molar-refractivity contribution in [2.24, 2.45) is 11.8 Å². The van der Waals surface area contributed by atoms with Gasteiger partial charge in [-0.1, -0.05) is 6.92 Å². The van der Waals surface area contributed by atoms with Crippen molar-refractivity contribution < 1.29 is 27.9 Å². The Labute approximate surface area is 90.0 Å². The van der Waals surface area contributed by atoms with Crippen molar-refractivity contribution in [3.05, 3.63) is 0 Å². The van der Waals surface area contributed by atoms with E-state index < -0.39 is 30.4 Å². The summed E-state index contributed by atoms with van der Waals surface area (Å²) in [7, 11) is 0. The second kappa shape index (κ2) is 4.31. The van der Waals surface area contributed by atoms with Crippen LogP contribution in [0.15, 0.2) is 0 Å². The number of hydrogen-bond acceptors (Lipinski definition) is 2. The van der Waals surface area contributed by atoms with Gasteiger partial charge in [0, 0.05) is 13.1 Å². The molecule has 1 aliphatic heterocycles. The SMILES string of the molecule is C[C@@H]1CN(C(=O)CC(F)(F)F)C[C@H]1C(=O)O. The monoisotopic (exact) mass is 239 g/mol. The van der Waals surface area contributed by atoms with E-state index in [9.17, 15) is 22.8 Å². The maximum atomic E-state index is 11.9. The highest BCUT2D eigenvalue weighted by atomic mass is 19.4. The third-order valence-electron chi connectivity index (χ3n) is 2.63. The van der Waals surface area contributed by atoms with Crippen LogP contribution in [-0.4, -0.2) is 41.1 Å². The van der Waals surface area contributed by atoms with Gasteiger partial charge in [-0.05, 0) is 5.92 Å². The number of alkyl halides is 3. The number of amides is 1. The van der Waals surface area contributed by atoms with Gasteiger partial charge in [0.15, 0.2) is 0 Å². The molecule has 1 saturated heterocycles. The van der Waals surface area contributed by atoms with E-state index in [0.717, 1.165) is 4.90 Å². The molecule has 1 N–H and O–H groups in total.